The first-order valence-electron chi connectivity index (χ1n) is 9.80. The van der Waals surface area contributed by atoms with Crippen molar-refractivity contribution in [1.82, 2.24) is 4.98 Å². The van der Waals surface area contributed by atoms with E-state index in [1.807, 2.05) is 0 Å². The second-order valence-corrected chi connectivity index (χ2v) is 6.24. The van der Waals surface area contributed by atoms with Crippen LogP contribution in [0.4, 0.5) is 5.82 Å². The van der Waals surface area contributed by atoms with Gasteiger partial charge in [-0.1, -0.05) is 24.3 Å². The predicted octanol–water partition coefficient (Wildman–Crippen LogP) is 3.22. The summed E-state index contributed by atoms with van der Waals surface area (Å²) in [6.45, 7) is -1.81. The van der Waals surface area contributed by atoms with Crippen molar-refractivity contribution in [1.29, 1.82) is 0 Å². The van der Waals surface area contributed by atoms with Crippen molar-refractivity contribution >= 4 is 22.9 Å². The maximum Gasteiger partial charge on any atom is 0.338 e. The SMILES string of the molecule is [2H]C([2H])([2H])c1ccccc1-c1cc(=O)oc2nc(N3CCC[C@@H]3C(=O)O)ccc12. The van der Waals surface area contributed by atoms with Crippen LogP contribution in [-0.2, 0) is 4.79 Å². The zero-order chi connectivity index (χ0) is 20.8. The number of hydrogen-bond donors (Lipinski definition) is 1. The van der Waals surface area contributed by atoms with Crippen molar-refractivity contribution in [2.75, 3.05) is 11.4 Å². The van der Waals surface area contributed by atoms with Crippen LogP contribution in [0.3, 0.4) is 0 Å². The van der Waals surface area contributed by atoms with Gasteiger partial charge in [-0.2, -0.15) is 4.98 Å². The van der Waals surface area contributed by atoms with Crippen LogP contribution in [0.5, 0.6) is 0 Å². The number of rotatable bonds is 3. The van der Waals surface area contributed by atoms with E-state index >= 15 is 0 Å². The van der Waals surface area contributed by atoms with E-state index in [1.54, 1.807) is 35.2 Å². The molecule has 0 unspecified atom stereocenters. The van der Waals surface area contributed by atoms with Crippen molar-refractivity contribution in [3.05, 3.63) is 58.4 Å². The zero-order valence-corrected chi connectivity index (χ0v) is 13.8. The average Bonchev–Trinajstić information content (AvgIpc) is 3.16. The van der Waals surface area contributed by atoms with Crippen molar-refractivity contribution < 1.29 is 18.4 Å². The number of aryl methyl sites for hydroxylation is 1. The van der Waals surface area contributed by atoms with Crippen molar-refractivity contribution in [2.45, 2.75) is 25.7 Å². The Morgan fingerprint density at radius 2 is 2.15 bits per heavy atom. The van der Waals surface area contributed by atoms with Crippen molar-refractivity contribution in [3.8, 4) is 11.1 Å². The van der Waals surface area contributed by atoms with E-state index in [0.29, 0.717) is 35.3 Å². The lowest BCUT2D eigenvalue weighted by molar-refractivity contribution is -0.138. The fourth-order valence-corrected chi connectivity index (χ4v) is 3.43. The van der Waals surface area contributed by atoms with E-state index in [2.05, 4.69) is 4.98 Å². The summed E-state index contributed by atoms with van der Waals surface area (Å²) in [6, 6.07) is 10.4. The molecule has 2 aromatic heterocycles. The van der Waals surface area contributed by atoms with Crippen LogP contribution in [0.25, 0.3) is 22.2 Å². The fourth-order valence-electron chi connectivity index (χ4n) is 3.43. The molecule has 1 atom stereocenters. The number of carbonyl (C=O) groups is 1. The largest absolute Gasteiger partial charge is 0.480 e. The van der Waals surface area contributed by atoms with Crippen LogP contribution in [0.15, 0.2) is 51.7 Å². The van der Waals surface area contributed by atoms with Crippen LogP contribution in [0.2, 0.25) is 0 Å². The maximum absolute atomic E-state index is 12.2. The highest BCUT2D eigenvalue weighted by molar-refractivity contribution is 5.93. The fraction of sp³-hybridized carbons (Fsp3) is 0.250. The third kappa shape index (κ3) is 2.73. The highest BCUT2D eigenvalue weighted by Crippen LogP contribution is 2.31. The quantitative estimate of drug-likeness (QED) is 0.778. The molecule has 26 heavy (non-hydrogen) atoms. The smallest absolute Gasteiger partial charge is 0.338 e. The van der Waals surface area contributed by atoms with Gasteiger partial charge in [0.25, 0.3) is 0 Å². The molecular formula is C20H18N2O4. The number of aromatic nitrogens is 1. The highest BCUT2D eigenvalue weighted by atomic mass is 16.4. The Kier molecular flexibility index (Phi) is 3.17. The summed E-state index contributed by atoms with van der Waals surface area (Å²) in [4.78, 5) is 29.7. The normalized spacial score (nSPS) is 19.2. The van der Waals surface area contributed by atoms with Crippen LogP contribution in [0.1, 0.15) is 22.5 Å². The number of anilines is 1. The summed E-state index contributed by atoms with van der Waals surface area (Å²) >= 11 is 0. The summed E-state index contributed by atoms with van der Waals surface area (Å²) in [5.74, 6) is -0.516. The van der Waals surface area contributed by atoms with Crippen LogP contribution < -0.4 is 10.5 Å². The molecule has 132 valence electrons. The van der Waals surface area contributed by atoms with E-state index in [-0.39, 0.29) is 11.3 Å². The van der Waals surface area contributed by atoms with Gasteiger partial charge in [0.15, 0.2) is 0 Å². The highest BCUT2D eigenvalue weighted by Gasteiger charge is 2.31. The van der Waals surface area contributed by atoms with E-state index in [4.69, 9.17) is 8.53 Å². The molecule has 0 spiro atoms. The Morgan fingerprint density at radius 3 is 2.96 bits per heavy atom. The molecule has 1 fully saturated rings. The van der Waals surface area contributed by atoms with Gasteiger partial charge in [-0.15, -0.1) is 0 Å². The molecule has 1 saturated heterocycles. The molecule has 1 N–H and O–H groups in total. The Morgan fingerprint density at radius 1 is 1.31 bits per heavy atom. The molecule has 1 aromatic carbocycles. The van der Waals surface area contributed by atoms with E-state index in [0.717, 1.165) is 6.42 Å². The Labute approximate surface area is 153 Å². The molecule has 3 aromatic rings. The molecular weight excluding hydrogens is 332 g/mol. The number of nitrogens with zero attached hydrogens (tertiary/aromatic N) is 2. The number of benzene rings is 1. The lowest BCUT2D eigenvalue weighted by Crippen LogP contribution is -2.36. The first-order chi connectivity index (χ1) is 13.8. The van der Waals surface area contributed by atoms with Gasteiger partial charge in [-0.05, 0) is 43.0 Å². The Bertz CT molecular complexity index is 1160. The average molecular weight is 353 g/mol. The van der Waals surface area contributed by atoms with E-state index in [9.17, 15) is 14.7 Å². The molecule has 3 heterocycles. The minimum Gasteiger partial charge on any atom is -0.480 e. The standard InChI is InChI=1S/C20H18N2O4/c1-12-5-2-3-6-13(12)15-11-18(23)26-19-14(15)8-9-17(21-19)22-10-4-7-16(22)20(24)25/h2-3,5-6,8-9,11,16H,4,7,10H2,1H3,(H,24,25)/t16-/m1/s1/i1D3. The van der Waals surface area contributed by atoms with Crippen LogP contribution in [0, 0.1) is 6.85 Å². The molecule has 1 aliphatic heterocycles. The Balaban J connectivity index is 1.89. The number of carboxylic acid groups (broad SMARTS) is 1. The van der Waals surface area contributed by atoms with Gasteiger partial charge in [-0.25, -0.2) is 9.59 Å². The second-order valence-electron chi connectivity index (χ2n) is 6.24. The van der Waals surface area contributed by atoms with Crippen molar-refractivity contribution in [3.63, 3.8) is 0 Å². The van der Waals surface area contributed by atoms with Gasteiger partial charge in [0.05, 0.1) is 0 Å². The lowest BCUT2D eigenvalue weighted by Gasteiger charge is -2.22. The summed E-state index contributed by atoms with van der Waals surface area (Å²) in [7, 11) is 0. The summed E-state index contributed by atoms with van der Waals surface area (Å²) in [5, 5.41) is 9.89. The third-order valence-electron chi connectivity index (χ3n) is 4.64. The monoisotopic (exact) mass is 353 g/mol. The van der Waals surface area contributed by atoms with E-state index < -0.39 is 24.5 Å². The zero-order valence-electron chi connectivity index (χ0n) is 16.8. The predicted molar refractivity (Wildman–Crippen MR) is 98.5 cm³/mol. The van der Waals surface area contributed by atoms with Gasteiger partial charge >= 0.3 is 11.6 Å². The molecule has 0 bridgehead atoms. The molecule has 6 nitrogen and oxygen atoms in total. The minimum atomic E-state index is -2.35. The number of pyridine rings is 1. The van der Waals surface area contributed by atoms with Crippen molar-refractivity contribution in [2.24, 2.45) is 0 Å². The van der Waals surface area contributed by atoms with Crippen LogP contribution >= 0.6 is 0 Å². The minimum absolute atomic E-state index is 0.0429. The Hall–Kier alpha value is -3.15. The lowest BCUT2D eigenvalue weighted by atomic mass is 9.99. The topological polar surface area (TPSA) is 83.6 Å². The maximum atomic E-state index is 12.2. The summed E-state index contributed by atoms with van der Waals surface area (Å²) in [6.07, 6.45) is 1.25. The molecule has 0 saturated carbocycles. The van der Waals surface area contributed by atoms with Gasteiger partial charge in [0.1, 0.15) is 11.9 Å². The van der Waals surface area contributed by atoms with Gasteiger partial charge in [-0.3, -0.25) is 0 Å². The number of aliphatic carboxylic acids is 1. The van der Waals surface area contributed by atoms with Gasteiger partial charge in [0.2, 0.25) is 5.71 Å². The molecule has 4 rings (SSSR count). The number of fused-ring (bicyclic) bond motifs is 1. The summed E-state index contributed by atoms with van der Waals surface area (Å²) in [5.41, 5.74) is 0.333. The molecule has 0 amide bonds. The van der Waals surface area contributed by atoms with Gasteiger partial charge < -0.3 is 14.4 Å². The molecule has 1 aliphatic rings. The second kappa shape index (κ2) is 6.29. The third-order valence-corrected chi connectivity index (χ3v) is 4.64. The first-order valence-corrected chi connectivity index (χ1v) is 8.30. The summed E-state index contributed by atoms with van der Waals surface area (Å²) < 4.78 is 28.6. The first kappa shape index (κ1) is 13.1. The number of carboxylic acids is 1. The van der Waals surface area contributed by atoms with Gasteiger partial charge in [0, 0.05) is 27.7 Å². The number of hydrogen-bond acceptors (Lipinski definition) is 5. The van der Waals surface area contributed by atoms with Crippen LogP contribution in [-0.4, -0.2) is 28.6 Å². The van der Waals surface area contributed by atoms with E-state index in [1.165, 1.54) is 12.1 Å². The molecule has 0 radical (unpaired) electrons. The molecule has 6 heteroatoms. The molecule has 0 aliphatic carbocycles.